The Bertz CT molecular complexity index is 319. The van der Waals surface area contributed by atoms with Gasteiger partial charge in [0.15, 0.2) is 0 Å². The number of aliphatic imine (C=N–C) groups is 1. The normalized spacial score (nSPS) is 12.1. The van der Waals surface area contributed by atoms with Gasteiger partial charge in [-0.1, -0.05) is 24.9 Å². The molecule has 0 heterocycles. The minimum Gasteiger partial charge on any atom is -0.465 e. The van der Waals surface area contributed by atoms with Gasteiger partial charge in [-0.2, -0.15) is 0 Å². The number of nitrogens with zero attached hydrogens (tertiary/aromatic N) is 1. The van der Waals surface area contributed by atoms with Crippen molar-refractivity contribution in [3.63, 3.8) is 0 Å². The maximum atomic E-state index is 11.1. The molecule has 0 aromatic heterocycles. The lowest BCUT2D eigenvalue weighted by Gasteiger charge is -2.00. The number of thiocarbonyl (C=S) groups is 1. The molecule has 14 heavy (non-hydrogen) atoms. The smallest absolute Gasteiger partial charge is 0.337 e. The second kappa shape index (κ2) is 6.04. The second-order valence-corrected chi connectivity index (χ2v) is 2.71. The molecule has 0 aromatic carbocycles. The van der Waals surface area contributed by atoms with E-state index in [0.29, 0.717) is 5.71 Å². The Morgan fingerprint density at radius 1 is 1.64 bits per heavy atom. The summed E-state index contributed by atoms with van der Waals surface area (Å²) in [5.41, 5.74) is 5.99. The SMILES string of the molecule is C=C/C(=C\C(=NC)C(N)=S)C(=O)OC. The molecule has 0 aliphatic carbocycles. The fourth-order valence-corrected chi connectivity index (χ4v) is 0.862. The van der Waals surface area contributed by atoms with Crippen LogP contribution in [0.25, 0.3) is 0 Å². The maximum absolute atomic E-state index is 11.1. The molecule has 0 bridgehead atoms. The summed E-state index contributed by atoms with van der Waals surface area (Å²) in [6.07, 6.45) is 2.79. The molecule has 4 nitrogen and oxygen atoms in total. The topological polar surface area (TPSA) is 64.7 Å². The number of ether oxygens (including phenoxy) is 1. The Morgan fingerprint density at radius 2 is 2.21 bits per heavy atom. The van der Waals surface area contributed by atoms with Crippen LogP contribution in [-0.2, 0) is 9.53 Å². The van der Waals surface area contributed by atoms with Crippen LogP contribution in [0.3, 0.4) is 0 Å². The molecular weight excluding hydrogens is 200 g/mol. The highest BCUT2D eigenvalue weighted by atomic mass is 32.1. The van der Waals surface area contributed by atoms with Gasteiger partial charge in [0.05, 0.1) is 18.4 Å². The number of carbonyl (C=O) groups is 1. The molecule has 0 saturated carbocycles. The number of rotatable bonds is 4. The highest BCUT2D eigenvalue weighted by Gasteiger charge is 2.07. The summed E-state index contributed by atoms with van der Waals surface area (Å²) in [5, 5.41) is 0. The summed E-state index contributed by atoms with van der Waals surface area (Å²) >= 11 is 4.72. The number of hydrogen-bond acceptors (Lipinski definition) is 4. The number of carbonyl (C=O) groups excluding carboxylic acids is 1. The first-order valence-electron chi connectivity index (χ1n) is 3.75. The van der Waals surface area contributed by atoms with Gasteiger partial charge in [0.25, 0.3) is 0 Å². The first kappa shape index (κ1) is 12.5. The summed E-state index contributed by atoms with van der Waals surface area (Å²) in [6, 6.07) is 0. The van der Waals surface area contributed by atoms with Crippen molar-refractivity contribution < 1.29 is 9.53 Å². The number of methoxy groups -OCH3 is 1. The molecule has 0 aliphatic heterocycles. The lowest BCUT2D eigenvalue weighted by atomic mass is 10.2. The van der Waals surface area contributed by atoms with E-state index in [9.17, 15) is 4.79 Å². The molecule has 5 heteroatoms. The van der Waals surface area contributed by atoms with Crippen molar-refractivity contribution in [2.24, 2.45) is 10.7 Å². The number of nitrogens with two attached hydrogens (primary N) is 1. The minimum absolute atomic E-state index is 0.121. The number of hydrogen-bond donors (Lipinski definition) is 1. The van der Waals surface area contributed by atoms with E-state index in [1.165, 1.54) is 26.3 Å². The molecule has 0 spiro atoms. The summed E-state index contributed by atoms with van der Waals surface area (Å²) in [4.78, 5) is 15.0. The first-order chi connectivity index (χ1) is 6.56. The molecule has 2 N–H and O–H groups in total. The van der Waals surface area contributed by atoms with Crippen molar-refractivity contribution in [3.05, 3.63) is 24.3 Å². The monoisotopic (exact) mass is 212 g/mol. The second-order valence-electron chi connectivity index (χ2n) is 2.27. The van der Waals surface area contributed by atoms with E-state index in [-0.39, 0.29) is 10.6 Å². The van der Waals surface area contributed by atoms with Gasteiger partial charge in [-0.25, -0.2) is 4.79 Å². The largest absolute Gasteiger partial charge is 0.465 e. The van der Waals surface area contributed by atoms with E-state index in [1.807, 2.05) is 0 Å². The van der Waals surface area contributed by atoms with Gasteiger partial charge in [-0.05, 0) is 6.08 Å². The van der Waals surface area contributed by atoms with Gasteiger partial charge in [0, 0.05) is 7.05 Å². The third kappa shape index (κ3) is 3.49. The van der Waals surface area contributed by atoms with E-state index >= 15 is 0 Å². The zero-order valence-corrected chi connectivity index (χ0v) is 8.93. The molecule has 0 rings (SSSR count). The van der Waals surface area contributed by atoms with Crippen molar-refractivity contribution >= 4 is 28.9 Å². The van der Waals surface area contributed by atoms with E-state index in [0.717, 1.165) is 0 Å². The van der Waals surface area contributed by atoms with Crippen molar-refractivity contribution in [1.29, 1.82) is 0 Å². The van der Waals surface area contributed by atoms with Crippen molar-refractivity contribution in [2.75, 3.05) is 14.2 Å². The average Bonchev–Trinajstić information content (AvgIpc) is 2.18. The molecule has 0 fully saturated rings. The van der Waals surface area contributed by atoms with E-state index in [1.54, 1.807) is 0 Å². The summed E-state index contributed by atoms with van der Waals surface area (Å²) in [5.74, 6) is -0.502. The van der Waals surface area contributed by atoms with Crippen LogP contribution in [0, 0.1) is 0 Å². The van der Waals surface area contributed by atoms with Gasteiger partial charge in [0.2, 0.25) is 0 Å². The van der Waals surface area contributed by atoms with Gasteiger partial charge >= 0.3 is 5.97 Å². The van der Waals surface area contributed by atoms with E-state index in [2.05, 4.69) is 16.3 Å². The zero-order chi connectivity index (χ0) is 11.1. The average molecular weight is 212 g/mol. The molecular formula is C9H12N2O2S. The lowest BCUT2D eigenvalue weighted by Crippen LogP contribution is -2.20. The molecule has 0 atom stereocenters. The quantitative estimate of drug-likeness (QED) is 0.244. The van der Waals surface area contributed by atoms with Crippen molar-refractivity contribution in [3.8, 4) is 0 Å². The Labute approximate surface area is 88.1 Å². The summed E-state index contributed by atoms with van der Waals surface area (Å²) < 4.78 is 4.51. The highest BCUT2D eigenvalue weighted by molar-refractivity contribution is 7.82. The maximum Gasteiger partial charge on any atom is 0.337 e. The fraction of sp³-hybridized carbons (Fsp3) is 0.222. The third-order valence-electron chi connectivity index (χ3n) is 1.43. The zero-order valence-electron chi connectivity index (χ0n) is 8.11. The van der Waals surface area contributed by atoms with E-state index < -0.39 is 5.97 Å². The molecule has 0 unspecified atom stereocenters. The van der Waals surface area contributed by atoms with Crippen LogP contribution in [0.15, 0.2) is 29.3 Å². The predicted molar refractivity (Wildman–Crippen MR) is 60.4 cm³/mol. The van der Waals surface area contributed by atoms with Gasteiger partial charge < -0.3 is 10.5 Å². The van der Waals surface area contributed by atoms with E-state index in [4.69, 9.17) is 18.0 Å². The Kier molecular flexibility index (Phi) is 5.40. The van der Waals surface area contributed by atoms with Crippen LogP contribution in [0.1, 0.15) is 0 Å². The standard InChI is InChI=1S/C9H12N2O2S/c1-4-6(9(12)13-3)5-7(11-2)8(10)14/h4-5H,1H2,2-3H3,(H2,10,14)/b6-5+,11-7?. The molecule has 76 valence electrons. The molecule has 0 aromatic rings. The molecule has 0 amide bonds. The summed E-state index contributed by atoms with van der Waals surface area (Å²) in [6.45, 7) is 3.47. The van der Waals surface area contributed by atoms with Gasteiger partial charge in [0.1, 0.15) is 4.99 Å². The van der Waals surface area contributed by atoms with Crippen LogP contribution in [-0.4, -0.2) is 30.8 Å². The third-order valence-corrected chi connectivity index (χ3v) is 1.64. The van der Waals surface area contributed by atoms with Gasteiger partial charge in [-0.15, -0.1) is 0 Å². The summed E-state index contributed by atoms with van der Waals surface area (Å²) in [7, 11) is 2.81. The van der Waals surface area contributed by atoms with Crippen LogP contribution in [0.2, 0.25) is 0 Å². The fourth-order valence-electron chi connectivity index (χ4n) is 0.712. The number of esters is 1. The van der Waals surface area contributed by atoms with Gasteiger partial charge in [-0.3, -0.25) is 4.99 Å². The minimum atomic E-state index is -0.502. The Hall–Kier alpha value is -1.49. The molecule has 0 aliphatic rings. The van der Waals surface area contributed by atoms with Crippen LogP contribution in [0.5, 0.6) is 0 Å². The lowest BCUT2D eigenvalue weighted by molar-refractivity contribution is -0.135. The van der Waals surface area contributed by atoms with Crippen LogP contribution >= 0.6 is 12.2 Å². The Balaban J connectivity index is 5.01. The Morgan fingerprint density at radius 3 is 2.50 bits per heavy atom. The molecule has 0 saturated heterocycles. The highest BCUT2D eigenvalue weighted by Crippen LogP contribution is 2.00. The van der Waals surface area contributed by atoms with Crippen LogP contribution < -0.4 is 5.73 Å². The molecule has 0 radical (unpaired) electrons. The van der Waals surface area contributed by atoms with Crippen molar-refractivity contribution in [1.82, 2.24) is 0 Å². The first-order valence-corrected chi connectivity index (χ1v) is 4.16. The van der Waals surface area contributed by atoms with Crippen LogP contribution in [0.4, 0.5) is 0 Å². The van der Waals surface area contributed by atoms with Crippen molar-refractivity contribution in [2.45, 2.75) is 0 Å². The predicted octanol–water partition coefficient (Wildman–Crippen LogP) is 0.629.